The highest BCUT2D eigenvalue weighted by molar-refractivity contribution is 5.81. The minimum absolute atomic E-state index is 0.207. The van der Waals surface area contributed by atoms with Gasteiger partial charge in [-0.3, -0.25) is 9.69 Å². The number of nitrogens with zero attached hydrogens (tertiary/aromatic N) is 3. The second-order valence-electron chi connectivity index (χ2n) is 6.57. The molecule has 2 heterocycles. The highest BCUT2D eigenvalue weighted by Gasteiger charge is 2.21. The van der Waals surface area contributed by atoms with E-state index in [1.807, 2.05) is 29.2 Å². The number of amides is 1. The summed E-state index contributed by atoms with van der Waals surface area (Å²) < 4.78 is 0. The van der Waals surface area contributed by atoms with Gasteiger partial charge in [-0.2, -0.15) is 0 Å². The highest BCUT2D eigenvalue weighted by Crippen LogP contribution is 2.14. The second-order valence-corrected chi connectivity index (χ2v) is 6.57. The van der Waals surface area contributed by atoms with Crippen molar-refractivity contribution in [3.63, 3.8) is 0 Å². The van der Waals surface area contributed by atoms with Crippen LogP contribution >= 0.6 is 0 Å². The second kappa shape index (κ2) is 7.07. The summed E-state index contributed by atoms with van der Waals surface area (Å²) >= 11 is 0. The third-order valence-electron chi connectivity index (χ3n) is 4.81. The van der Waals surface area contributed by atoms with E-state index in [0.717, 1.165) is 49.3 Å². The van der Waals surface area contributed by atoms with Crippen molar-refractivity contribution in [3.05, 3.63) is 66.0 Å². The molecule has 1 aromatic heterocycles. The Morgan fingerprint density at radius 3 is 2.60 bits per heavy atom. The van der Waals surface area contributed by atoms with Crippen LogP contribution in [0.25, 0.3) is 11.0 Å². The van der Waals surface area contributed by atoms with Crippen LogP contribution in [0.1, 0.15) is 11.1 Å². The predicted molar refractivity (Wildman–Crippen MR) is 98.1 cm³/mol. The number of H-pyrrole nitrogens is 1. The Kier molecular flexibility index (Phi) is 4.48. The molecule has 0 radical (unpaired) electrons. The number of fused-ring (bicyclic) bond motifs is 1. The molecular weight excluding hydrogens is 312 g/mol. The van der Waals surface area contributed by atoms with Crippen molar-refractivity contribution >= 4 is 16.9 Å². The summed E-state index contributed by atoms with van der Waals surface area (Å²) in [7, 11) is 0. The number of nitrogens with one attached hydrogen (secondary N) is 1. The average Bonchev–Trinajstić information content (AvgIpc) is 3.11. The number of carbonyl (C=O) groups excluding carboxylic acids is 1. The first-order chi connectivity index (χ1) is 12.3. The van der Waals surface area contributed by atoms with E-state index < -0.39 is 0 Å². The number of rotatable bonds is 4. The van der Waals surface area contributed by atoms with E-state index in [2.05, 4.69) is 39.1 Å². The Balaban J connectivity index is 1.31. The standard InChI is InChI=1S/C20H22N4O/c25-20(13-17-6-7-18-19(12-17)22-15-21-18)24-10-8-23(9-11-24)14-16-4-2-1-3-5-16/h1-7,12,15H,8-11,13-14H2,(H,21,22). The Hall–Kier alpha value is -2.66. The highest BCUT2D eigenvalue weighted by atomic mass is 16.2. The molecular formula is C20H22N4O. The zero-order valence-electron chi connectivity index (χ0n) is 14.2. The van der Waals surface area contributed by atoms with Gasteiger partial charge in [0.1, 0.15) is 0 Å². The smallest absolute Gasteiger partial charge is 0.227 e. The molecule has 128 valence electrons. The Morgan fingerprint density at radius 1 is 1.00 bits per heavy atom. The molecule has 5 nitrogen and oxygen atoms in total. The summed E-state index contributed by atoms with van der Waals surface area (Å²) in [6.07, 6.45) is 2.13. The predicted octanol–water partition coefficient (Wildman–Crippen LogP) is 2.45. The van der Waals surface area contributed by atoms with Crippen LogP contribution in [-0.4, -0.2) is 51.9 Å². The third kappa shape index (κ3) is 3.72. The zero-order valence-corrected chi connectivity index (χ0v) is 14.2. The summed E-state index contributed by atoms with van der Waals surface area (Å²) in [6.45, 7) is 4.43. The molecule has 2 aromatic carbocycles. The molecule has 5 heteroatoms. The molecule has 1 aliphatic heterocycles. The van der Waals surface area contributed by atoms with Gasteiger partial charge in [-0.1, -0.05) is 36.4 Å². The van der Waals surface area contributed by atoms with Gasteiger partial charge < -0.3 is 9.88 Å². The average molecular weight is 334 g/mol. The minimum atomic E-state index is 0.207. The summed E-state index contributed by atoms with van der Waals surface area (Å²) in [5.74, 6) is 0.207. The quantitative estimate of drug-likeness (QED) is 0.797. The molecule has 0 saturated carbocycles. The largest absolute Gasteiger partial charge is 0.345 e. The van der Waals surface area contributed by atoms with Gasteiger partial charge in [0, 0.05) is 32.7 Å². The van der Waals surface area contributed by atoms with Crippen LogP contribution in [0.4, 0.5) is 0 Å². The molecule has 25 heavy (non-hydrogen) atoms. The lowest BCUT2D eigenvalue weighted by molar-refractivity contribution is -0.132. The lowest BCUT2D eigenvalue weighted by Gasteiger charge is -2.34. The normalized spacial score (nSPS) is 15.6. The van der Waals surface area contributed by atoms with E-state index >= 15 is 0 Å². The minimum Gasteiger partial charge on any atom is -0.345 e. The third-order valence-corrected chi connectivity index (χ3v) is 4.81. The van der Waals surface area contributed by atoms with Crippen molar-refractivity contribution in [1.82, 2.24) is 19.8 Å². The first-order valence-electron chi connectivity index (χ1n) is 8.74. The Morgan fingerprint density at radius 2 is 1.80 bits per heavy atom. The van der Waals surface area contributed by atoms with Crippen LogP contribution in [0, 0.1) is 0 Å². The molecule has 0 bridgehead atoms. The van der Waals surface area contributed by atoms with E-state index in [1.165, 1.54) is 5.56 Å². The van der Waals surface area contributed by atoms with Gasteiger partial charge in [-0.15, -0.1) is 0 Å². The molecule has 1 saturated heterocycles. The molecule has 1 amide bonds. The van der Waals surface area contributed by atoms with E-state index in [4.69, 9.17) is 0 Å². The zero-order chi connectivity index (χ0) is 17.1. The van der Waals surface area contributed by atoms with E-state index in [1.54, 1.807) is 6.33 Å². The fourth-order valence-electron chi connectivity index (χ4n) is 3.38. The van der Waals surface area contributed by atoms with Crippen LogP contribution in [0.15, 0.2) is 54.9 Å². The maximum Gasteiger partial charge on any atom is 0.227 e. The number of hydrogen-bond donors (Lipinski definition) is 1. The van der Waals surface area contributed by atoms with Crippen molar-refractivity contribution in [2.75, 3.05) is 26.2 Å². The monoisotopic (exact) mass is 334 g/mol. The molecule has 4 rings (SSSR count). The van der Waals surface area contributed by atoms with Crippen LogP contribution in [0.3, 0.4) is 0 Å². The molecule has 0 aliphatic carbocycles. The number of imidazole rings is 1. The number of aromatic amines is 1. The van der Waals surface area contributed by atoms with Gasteiger partial charge in [0.25, 0.3) is 0 Å². The molecule has 1 fully saturated rings. The first kappa shape index (κ1) is 15.8. The Labute approximate surface area is 147 Å². The molecule has 3 aromatic rings. The number of hydrogen-bond acceptors (Lipinski definition) is 3. The maximum absolute atomic E-state index is 12.6. The van der Waals surface area contributed by atoms with Gasteiger partial charge in [0.05, 0.1) is 23.8 Å². The summed E-state index contributed by atoms with van der Waals surface area (Å²) in [5.41, 5.74) is 4.28. The summed E-state index contributed by atoms with van der Waals surface area (Å²) in [5, 5.41) is 0. The van der Waals surface area contributed by atoms with Gasteiger partial charge >= 0.3 is 0 Å². The van der Waals surface area contributed by atoms with Crippen LogP contribution in [0.2, 0.25) is 0 Å². The number of benzene rings is 2. The maximum atomic E-state index is 12.6. The van der Waals surface area contributed by atoms with Gasteiger partial charge in [-0.25, -0.2) is 4.98 Å². The molecule has 0 spiro atoms. The van der Waals surface area contributed by atoms with Crippen LogP contribution in [0.5, 0.6) is 0 Å². The van der Waals surface area contributed by atoms with E-state index in [-0.39, 0.29) is 5.91 Å². The van der Waals surface area contributed by atoms with Crippen molar-refractivity contribution in [1.29, 1.82) is 0 Å². The Bertz CT molecular complexity index is 850. The summed E-state index contributed by atoms with van der Waals surface area (Å²) in [6, 6.07) is 16.5. The van der Waals surface area contributed by atoms with Crippen molar-refractivity contribution < 1.29 is 4.79 Å². The summed E-state index contributed by atoms with van der Waals surface area (Å²) in [4.78, 5) is 24.3. The van der Waals surface area contributed by atoms with Crippen molar-refractivity contribution in [2.24, 2.45) is 0 Å². The molecule has 1 N–H and O–H groups in total. The SMILES string of the molecule is O=C(Cc1ccc2nc[nH]c2c1)N1CCN(Cc2ccccc2)CC1. The number of aromatic nitrogens is 2. The van der Waals surface area contributed by atoms with E-state index in [0.29, 0.717) is 6.42 Å². The number of piperazine rings is 1. The van der Waals surface area contributed by atoms with Crippen LogP contribution < -0.4 is 0 Å². The van der Waals surface area contributed by atoms with Crippen molar-refractivity contribution in [2.45, 2.75) is 13.0 Å². The lowest BCUT2D eigenvalue weighted by Crippen LogP contribution is -2.48. The van der Waals surface area contributed by atoms with E-state index in [9.17, 15) is 4.79 Å². The van der Waals surface area contributed by atoms with Gasteiger partial charge in [0.2, 0.25) is 5.91 Å². The first-order valence-corrected chi connectivity index (χ1v) is 8.74. The van der Waals surface area contributed by atoms with Gasteiger partial charge in [-0.05, 0) is 23.3 Å². The van der Waals surface area contributed by atoms with Gasteiger partial charge in [0.15, 0.2) is 0 Å². The number of carbonyl (C=O) groups is 1. The van der Waals surface area contributed by atoms with Crippen LogP contribution in [-0.2, 0) is 17.8 Å². The van der Waals surface area contributed by atoms with Crippen molar-refractivity contribution in [3.8, 4) is 0 Å². The fraction of sp³-hybridized carbons (Fsp3) is 0.300. The fourth-order valence-corrected chi connectivity index (χ4v) is 3.38. The molecule has 0 unspecified atom stereocenters. The molecule has 0 atom stereocenters. The molecule has 1 aliphatic rings. The lowest BCUT2D eigenvalue weighted by atomic mass is 10.1. The topological polar surface area (TPSA) is 52.2 Å².